The summed E-state index contributed by atoms with van der Waals surface area (Å²) in [4.78, 5) is 19.0. The summed E-state index contributed by atoms with van der Waals surface area (Å²) >= 11 is 0. The molecule has 1 fully saturated rings. The van der Waals surface area contributed by atoms with E-state index in [2.05, 4.69) is 4.98 Å². The van der Waals surface area contributed by atoms with Gasteiger partial charge in [0.1, 0.15) is 6.04 Å². The van der Waals surface area contributed by atoms with E-state index in [1.807, 2.05) is 54.5 Å². The first-order valence-corrected chi connectivity index (χ1v) is 7.42. The van der Waals surface area contributed by atoms with Gasteiger partial charge in [-0.25, -0.2) is 4.98 Å². The highest BCUT2D eigenvalue weighted by atomic mass is 16.5. The van der Waals surface area contributed by atoms with Crippen LogP contribution in [-0.4, -0.2) is 45.7 Å². The van der Waals surface area contributed by atoms with E-state index < -0.39 is 0 Å². The van der Waals surface area contributed by atoms with Crippen molar-refractivity contribution < 1.29 is 9.53 Å². The minimum atomic E-state index is -0.255. The van der Waals surface area contributed by atoms with Crippen LogP contribution in [0.1, 0.15) is 26.8 Å². The average Bonchev–Trinajstić information content (AvgIpc) is 2.88. The molecular weight excluding hydrogens is 266 g/mol. The number of fused-ring (bicyclic) bond motifs is 1. The van der Waals surface area contributed by atoms with Gasteiger partial charge in [-0.15, -0.1) is 0 Å². The van der Waals surface area contributed by atoms with Crippen molar-refractivity contribution in [2.45, 2.75) is 39.0 Å². The SMILES string of the molecule is CC1CN(C(=O)C(C)n2cnc3ccccc32)CC(C)O1. The third-order valence-corrected chi connectivity index (χ3v) is 3.99. The molecule has 3 atom stereocenters. The van der Waals surface area contributed by atoms with Gasteiger partial charge in [0.2, 0.25) is 5.91 Å². The van der Waals surface area contributed by atoms with Gasteiger partial charge in [0.05, 0.1) is 29.6 Å². The van der Waals surface area contributed by atoms with Crippen molar-refractivity contribution in [1.29, 1.82) is 0 Å². The fraction of sp³-hybridized carbons (Fsp3) is 0.500. The summed E-state index contributed by atoms with van der Waals surface area (Å²) in [7, 11) is 0. The molecule has 1 aliphatic heterocycles. The summed E-state index contributed by atoms with van der Waals surface area (Å²) < 4.78 is 7.64. The molecule has 2 heterocycles. The van der Waals surface area contributed by atoms with Gasteiger partial charge >= 0.3 is 0 Å². The first kappa shape index (κ1) is 14.1. The molecule has 1 aliphatic rings. The molecule has 0 saturated carbocycles. The lowest BCUT2D eigenvalue weighted by atomic mass is 10.2. The van der Waals surface area contributed by atoms with E-state index in [-0.39, 0.29) is 24.2 Å². The normalized spacial score (nSPS) is 24.2. The first-order chi connectivity index (χ1) is 10.1. The molecule has 0 spiro atoms. The standard InChI is InChI=1S/C16H21N3O2/c1-11-8-18(9-12(2)21-11)16(20)13(3)19-10-17-14-6-4-5-7-15(14)19/h4-7,10-13H,8-9H2,1-3H3. The molecule has 1 saturated heterocycles. The highest BCUT2D eigenvalue weighted by molar-refractivity contribution is 5.83. The Bertz CT molecular complexity index is 642. The lowest BCUT2D eigenvalue weighted by molar-refractivity contribution is -0.146. The van der Waals surface area contributed by atoms with Crippen molar-refractivity contribution in [3.8, 4) is 0 Å². The van der Waals surface area contributed by atoms with E-state index >= 15 is 0 Å². The Morgan fingerprint density at radius 1 is 1.29 bits per heavy atom. The Labute approximate surface area is 124 Å². The summed E-state index contributed by atoms with van der Waals surface area (Å²) in [6.07, 6.45) is 1.93. The highest BCUT2D eigenvalue weighted by Crippen LogP contribution is 2.21. The molecule has 2 aromatic rings. The second kappa shape index (κ2) is 5.48. The minimum Gasteiger partial charge on any atom is -0.372 e. The maximum Gasteiger partial charge on any atom is 0.245 e. The van der Waals surface area contributed by atoms with Crippen molar-refractivity contribution in [2.75, 3.05) is 13.1 Å². The molecule has 5 heteroatoms. The molecule has 0 radical (unpaired) electrons. The minimum absolute atomic E-state index is 0.0874. The molecule has 1 aromatic carbocycles. The van der Waals surface area contributed by atoms with Gasteiger partial charge in [-0.2, -0.15) is 0 Å². The maximum atomic E-state index is 12.8. The number of carbonyl (C=O) groups is 1. The zero-order valence-electron chi connectivity index (χ0n) is 12.7. The molecule has 0 aliphatic carbocycles. The van der Waals surface area contributed by atoms with Crippen molar-refractivity contribution in [3.05, 3.63) is 30.6 Å². The number of para-hydroxylation sites is 2. The summed E-state index contributed by atoms with van der Waals surface area (Å²) in [5.41, 5.74) is 1.91. The Morgan fingerprint density at radius 2 is 1.95 bits per heavy atom. The van der Waals surface area contributed by atoms with Crippen molar-refractivity contribution in [2.24, 2.45) is 0 Å². The summed E-state index contributed by atoms with van der Waals surface area (Å²) in [5, 5.41) is 0. The molecule has 112 valence electrons. The fourth-order valence-electron chi connectivity index (χ4n) is 3.03. The second-order valence-corrected chi connectivity index (χ2v) is 5.82. The quantitative estimate of drug-likeness (QED) is 0.851. The Hall–Kier alpha value is -1.88. The van der Waals surface area contributed by atoms with E-state index in [1.54, 1.807) is 6.33 Å². The summed E-state index contributed by atoms with van der Waals surface area (Å²) in [6.45, 7) is 7.25. The van der Waals surface area contributed by atoms with Gasteiger partial charge in [0.25, 0.3) is 0 Å². The number of hydrogen-bond acceptors (Lipinski definition) is 3. The van der Waals surface area contributed by atoms with E-state index in [0.29, 0.717) is 13.1 Å². The van der Waals surface area contributed by atoms with Crippen molar-refractivity contribution >= 4 is 16.9 Å². The van der Waals surface area contributed by atoms with E-state index in [0.717, 1.165) is 11.0 Å². The monoisotopic (exact) mass is 287 g/mol. The fourth-order valence-corrected chi connectivity index (χ4v) is 3.03. The number of amides is 1. The Balaban J connectivity index is 1.84. The zero-order chi connectivity index (χ0) is 15.0. The molecule has 3 unspecified atom stereocenters. The molecule has 5 nitrogen and oxygen atoms in total. The van der Waals surface area contributed by atoms with Crippen LogP contribution in [0.4, 0.5) is 0 Å². The topological polar surface area (TPSA) is 47.4 Å². The van der Waals surface area contributed by atoms with Crippen LogP contribution in [0.15, 0.2) is 30.6 Å². The summed E-state index contributed by atoms with van der Waals surface area (Å²) in [6, 6.07) is 7.63. The number of imidazole rings is 1. The molecular formula is C16H21N3O2. The maximum absolute atomic E-state index is 12.8. The largest absolute Gasteiger partial charge is 0.372 e. The van der Waals surface area contributed by atoms with Crippen LogP contribution < -0.4 is 0 Å². The van der Waals surface area contributed by atoms with Crippen LogP contribution in [0.25, 0.3) is 11.0 Å². The van der Waals surface area contributed by atoms with Crippen LogP contribution in [0.3, 0.4) is 0 Å². The average molecular weight is 287 g/mol. The van der Waals surface area contributed by atoms with E-state index in [9.17, 15) is 4.79 Å². The lowest BCUT2D eigenvalue weighted by Gasteiger charge is -2.36. The molecule has 3 rings (SSSR count). The van der Waals surface area contributed by atoms with Gasteiger partial charge in [-0.05, 0) is 32.9 Å². The predicted octanol–water partition coefficient (Wildman–Crippen LogP) is 2.23. The van der Waals surface area contributed by atoms with E-state index in [4.69, 9.17) is 4.74 Å². The van der Waals surface area contributed by atoms with Crippen molar-refractivity contribution in [1.82, 2.24) is 14.5 Å². The van der Waals surface area contributed by atoms with Crippen molar-refractivity contribution in [3.63, 3.8) is 0 Å². The number of nitrogens with zero attached hydrogens (tertiary/aromatic N) is 3. The third kappa shape index (κ3) is 2.65. The van der Waals surface area contributed by atoms with E-state index in [1.165, 1.54) is 0 Å². The first-order valence-electron chi connectivity index (χ1n) is 7.42. The number of rotatable bonds is 2. The molecule has 1 aromatic heterocycles. The van der Waals surface area contributed by atoms with Crippen LogP contribution in [0, 0.1) is 0 Å². The van der Waals surface area contributed by atoms with Gasteiger partial charge in [0.15, 0.2) is 0 Å². The third-order valence-electron chi connectivity index (χ3n) is 3.99. The Morgan fingerprint density at radius 3 is 2.67 bits per heavy atom. The van der Waals surface area contributed by atoms with Gasteiger partial charge in [0, 0.05) is 13.1 Å². The smallest absolute Gasteiger partial charge is 0.245 e. The second-order valence-electron chi connectivity index (χ2n) is 5.82. The Kier molecular flexibility index (Phi) is 3.68. The van der Waals surface area contributed by atoms with Crippen LogP contribution in [0.5, 0.6) is 0 Å². The number of benzene rings is 1. The number of hydrogen-bond donors (Lipinski definition) is 0. The predicted molar refractivity (Wildman–Crippen MR) is 81.0 cm³/mol. The molecule has 0 bridgehead atoms. The lowest BCUT2D eigenvalue weighted by Crippen LogP contribution is -2.49. The van der Waals surface area contributed by atoms with Crippen LogP contribution >= 0.6 is 0 Å². The number of carbonyl (C=O) groups excluding carboxylic acids is 1. The zero-order valence-corrected chi connectivity index (χ0v) is 12.7. The highest BCUT2D eigenvalue weighted by Gasteiger charge is 2.29. The molecule has 1 amide bonds. The summed E-state index contributed by atoms with van der Waals surface area (Å²) in [5.74, 6) is 0.125. The number of morpholine rings is 1. The molecule has 21 heavy (non-hydrogen) atoms. The van der Waals surface area contributed by atoms with Gasteiger partial charge < -0.3 is 14.2 Å². The van der Waals surface area contributed by atoms with Crippen LogP contribution in [-0.2, 0) is 9.53 Å². The molecule has 0 N–H and O–H groups in total. The number of aromatic nitrogens is 2. The van der Waals surface area contributed by atoms with Gasteiger partial charge in [-0.1, -0.05) is 12.1 Å². The van der Waals surface area contributed by atoms with Gasteiger partial charge in [-0.3, -0.25) is 4.79 Å². The van der Waals surface area contributed by atoms with Crippen LogP contribution in [0.2, 0.25) is 0 Å². The number of ether oxygens (including phenoxy) is 1.